The highest BCUT2D eigenvalue weighted by Crippen LogP contribution is 2.26. The van der Waals surface area contributed by atoms with E-state index in [2.05, 4.69) is 10.4 Å². The van der Waals surface area contributed by atoms with Gasteiger partial charge in [0.1, 0.15) is 5.69 Å². The quantitative estimate of drug-likeness (QED) is 0.723. The molecule has 1 saturated carbocycles. The van der Waals surface area contributed by atoms with Crippen LogP contribution in [-0.4, -0.2) is 32.9 Å². The summed E-state index contributed by atoms with van der Waals surface area (Å²) in [6, 6.07) is 0. The molecule has 0 atom stereocenters. The Morgan fingerprint density at radius 2 is 2.00 bits per heavy atom. The van der Waals surface area contributed by atoms with Gasteiger partial charge in [0.25, 0.3) is 5.91 Å². The van der Waals surface area contributed by atoms with Crippen LogP contribution in [0.1, 0.15) is 54.7 Å². The number of nitrogens with zero attached hydrogens (tertiary/aromatic N) is 2. The molecule has 2 rings (SSSR count). The fraction of sp³-hybridized carbons (Fsp3) is 0.714. The number of nitrogens with one attached hydrogen (secondary N) is 1. The van der Waals surface area contributed by atoms with Crippen molar-refractivity contribution >= 4 is 11.6 Å². The van der Waals surface area contributed by atoms with Crippen LogP contribution in [0.3, 0.4) is 0 Å². The average Bonchev–Trinajstić information content (AvgIpc) is 2.57. The Morgan fingerprint density at radius 3 is 2.50 bits per heavy atom. The number of aryl methyl sites for hydroxylation is 2. The zero-order valence-corrected chi connectivity index (χ0v) is 12.3. The van der Waals surface area contributed by atoms with Crippen molar-refractivity contribution in [3.63, 3.8) is 0 Å². The first-order valence-electron chi connectivity index (χ1n) is 7.23. The second kappa shape index (κ2) is 5.83. The molecule has 0 radical (unpaired) electrons. The smallest absolute Gasteiger partial charge is 0.271 e. The van der Waals surface area contributed by atoms with Gasteiger partial charge in [0.05, 0.1) is 17.0 Å². The van der Waals surface area contributed by atoms with Gasteiger partial charge in [-0.2, -0.15) is 5.10 Å². The van der Waals surface area contributed by atoms with E-state index in [1.54, 1.807) is 14.0 Å². The van der Waals surface area contributed by atoms with Gasteiger partial charge in [-0.05, 0) is 19.8 Å². The molecular formula is C14H24N4O2. The molecular weight excluding hydrogens is 256 g/mol. The van der Waals surface area contributed by atoms with Gasteiger partial charge in [-0.1, -0.05) is 25.7 Å². The minimum Gasteiger partial charge on any atom is -0.395 e. The molecule has 0 aliphatic heterocycles. The number of nitrogen functional groups attached to an aromatic ring is 1. The van der Waals surface area contributed by atoms with Gasteiger partial charge < -0.3 is 16.2 Å². The summed E-state index contributed by atoms with van der Waals surface area (Å²) in [6.45, 7) is 2.04. The highest BCUT2D eigenvalue weighted by Gasteiger charge is 2.29. The fourth-order valence-corrected chi connectivity index (χ4v) is 2.84. The standard InChI is InChI=1S/C14H24N4O2/c1-10-11(15)12(18(2)17-10)13(19)16-9-14(20)7-5-3-4-6-8-14/h20H,3-9,15H2,1-2H3,(H,16,19). The maximum absolute atomic E-state index is 12.2. The van der Waals surface area contributed by atoms with Crippen LogP contribution >= 0.6 is 0 Å². The highest BCUT2D eigenvalue weighted by molar-refractivity contribution is 5.97. The molecule has 1 heterocycles. The van der Waals surface area contributed by atoms with E-state index in [0.717, 1.165) is 38.5 Å². The normalized spacial score (nSPS) is 18.6. The summed E-state index contributed by atoms with van der Waals surface area (Å²) in [7, 11) is 1.69. The summed E-state index contributed by atoms with van der Waals surface area (Å²) in [5.41, 5.74) is 6.49. The Balaban J connectivity index is 2.01. The summed E-state index contributed by atoms with van der Waals surface area (Å²) in [5.74, 6) is -0.275. The third-order valence-corrected chi connectivity index (χ3v) is 4.10. The number of anilines is 1. The third kappa shape index (κ3) is 3.12. The molecule has 112 valence electrons. The zero-order chi connectivity index (χ0) is 14.8. The van der Waals surface area contributed by atoms with Crippen molar-refractivity contribution in [2.45, 2.75) is 51.0 Å². The number of carbonyl (C=O) groups excluding carboxylic acids is 1. The van der Waals surface area contributed by atoms with E-state index in [4.69, 9.17) is 5.73 Å². The molecule has 1 aromatic heterocycles. The Morgan fingerprint density at radius 1 is 1.40 bits per heavy atom. The topological polar surface area (TPSA) is 93.2 Å². The number of hydrogen-bond acceptors (Lipinski definition) is 4. The third-order valence-electron chi connectivity index (χ3n) is 4.10. The summed E-state index contributed by atoms with van der Waals surface area (Å²) in [4.78, 5) is 12.2. The van der Waals surface area contributed by atoms with Gasteiger partial charge in [-0.3, -0.25) is 9.48 Å². The predicted molar refractivity (Wildman–Crippen MR) is 77.3 cm³/mol. The SMILES string of the molecule is Cc1nn(C)c(C(=O)NCC2(O)CCCCCC2)c1N. The van der Waals surface area contributed by atoms with E-state index < -0.39 is 5.60 Å². The lowest BCUT2D eigenvalue weighted by Gasteiger charge is -2.26. The molecule has 1 aliphatic rings. The highest BCUT2D eigenvalue weighted by atomic mass is 16.3. The summed E-state index contributed by atoms with van der Waals surface area (Å²) < 4.78 is 1.48. The van der Waals surface area contributed by atoms with E-state index >= 15 is 0 Å². The largest absolute Gasteiger partial charge is 0.395 e. The van der Waals surface area contributed by atoms with Crippen molar-refractivity contribution in [1.29, 1.82) is 0 Å². The maximum atomic E-state index is 12.2. The minimum atomic E-state index is -0.783. The van der Waals surface area contributed by atoms with E-state index in [-0.39, 0.29) is 12.5 Å². The Bertz CT molecular complexity index is 488. The van der Waals surface area contributed by atoms with E-state index in [0.29, 0.717) is 17.1 Å². The maximum Gasteiger partial charge on any atom is 0.271 e. The monoisotopic (exact) mass is 280 g/mol. The van der Waals surface area contributed by atoms with Gasteiger partial charge in [-0.15, -0.1) is 0 Å². The Hall–Kier alpha value is -1.56. The zero-order valence-electron chi connectivity index (χ0n) is 12.3. The van der Waals surface area contributed by atoms with Crippen LogP contribution < -0.4 is 11.1 Å². The number of aromatic nitrogens is 2. The molecule has 1 aromatic rings. The van der Waals surface area contributed by atoms with Crippen LogP contribution in [0, 0.1) is 6.92 Å². The molecule has 0 aromatic carbocycles. The first kappa shape index (κ1) is 14.8. The van der Waals surface area contributed by atoms with Crippen LogP contribution in [0.25, 0.3) is 0 Å². The number of rotatable bonds is 3. The van der Waals surface area contributed by atoms with Crippen molar-refractivity contribution in [3.8, 4) is 0 Å². The van der Waals surface area contributed by atoms with Gasteiger partial charge in [0.15, 0.2) is 0 Å². The van der Waals surface area contributed by atoms with Crippen molar-refractivity contribution < 1.29 is 9.90 Å². The number of nitrogens with two attached hydrogens (primary N) is 1. The lowest BCUT2D eigenvalue weighted by Crippen LogP contribution is -2.43. The molecule has 4 N–H and O–H groups in total. The molecule has 6 heteroatoms. The summed E-state index contributed by atoms with van der Waals surface area (Å²) in [6.07, 6.45) is 5.83. The van der Waals surface area contributed by atoms with Gasteiger partial charge in [-0.25, -0.2) is 0 Å². The lowest BCUT2D eigenvalue weighted by atomic mass is 9.94. The van der Waals surface area contributed by atoms with Crippen LogP contribution in [0.4, 0.5) is 5.69 Å². The molecule has 1 amide bonds. The number of carbonyl (C=O) groups is 1. The first-order chi connectivity index (χ1) is 9.43. The molecule has 0 bridgehead atoms. The van der Waals surface area contributed by atoms with Gasteiger partial charge in [0.2, 0.25) is 0 Å². The fourth-order valence-electron chi connectivity index (χ4n) is 2.84. The van der Waals surface area contributed by atoms with E-state index in [1.807, 2.05) is 0 Å². The van der Waals surface area contributed by atoms with E-state index in [9.17, 15) is 9.90 Å². The molecule has 0 saturated heterocycles. The van der Waals surface area contributed by atoms with E-state index in [1.165, 1.54) is 4.68 Å². The van der Waals surface area contributed by atoms with Crippen LogP contribution in [0.15, 0.2) is 0 Å². The second-order valence-corrected chi connectivity index (χ2v) is 5.79. The lowest BCUT2D eigenvalue weighted by molar-refractivity contribution is 0.0245. The van der Waals surface area contributed by atoms with Crippen molar-refractivity contribution in [3.05, 3.63) is 11.4 Å². The number of hydrogen-bond donors (Lipinski definition) is 3. The Kier molecular flexibility index (Phi) is 4.32. The van der Waals surface area contributed by atoms with Crippen molar-refractivity contribution in [2.75, 3.05) is 12.3 Å². The molecule has 1 aliphatic carbocycles. The average molecular weight is 280 g/mol. The molecule has 0 spiro atoms. The summed E-state index contributed by atoms with van der Waals surface area (Å²) >= 11 is 0. The molecule has 6 nitrogen and oxygen atoms in total. The van der Waals surface area contributed by atoms with Crippen LogP contribution in [0.5, 0.6) is 0 Å². The summed E-state index contributed by atoms with van der Waals surface area (Å²) in [5, 5.41) is 17.5. The minimum absolute atomic E-state index is 0.273. The van der Waals surface area contributed by atoms with Gasteiger partial charge in [0, 0.05) is 13.6 Å². The first-order valence-corrected chi connectivity index (χ1v) is 7.23. The second-order valence-electron chi connectivity index (χ2n) is 5.79. The predicted octanol–water partition coefficient (Wildman–Crippen LogP) is 1.13. The molecule has 0 unspecified atom stereocenters. The molecule has 20 heavy (non-hydrogen) atoms. The number of aliphatic hydroxyl groups is 1. The number of amides is 1. The van der Waals surface area contributed by atoms with Crippen molar-refractivity contribution in [1.82, 2.24) is 15.1 Å². The molecule has 1 fully saturated rings. The van der Waals surface area contributed by atoms with Gasteiger partial charge >= 0.3 is 0 Å². The Labute approximate surface area is 119 Å². The van der Waals surface area contributed by atoms with Crippen LogP contribution in [0.2, 0.25) is 0 Å². The van der Waals surface area contributed by atoms with Crippen molar-refractivity contribution in [2.24, 2.45) is 7.05 Å². The van der Waals surface area contributed by atoms with Crippen LogP contribution in [-0.2, 0) is 7.05 Å².